The third-order valence-electron chi connectivity index (χ3n) is 3.58. The van der Waals surface area contributed by atoms with E-state index in [4.69, 9.17) is 5.73 Å². The van der Waals surface area contributed by atoms with E-state index in [2.05, 4.69) is 0 Å². The maximum Gasteiger partial charge on any atom is 0.240 e. The number of phenolic OH excluding ortho intramolecular Hbond substituents is 1. The van der Waals surface area contributed by atoms with Crippen LogP contribution in [0.2, 0.25) is 0 Å². The van der Waals surface area contributed by atoms with Crippen molar-refractivity contribution in [2.24, 2.45) is 5.73 Å². The molecule has 2 atom stereocenters. The minimum atomic E-state index is -0.600. The van der Waals surface area contributed by atoms with Gasteiger partial charge in [-0.15, -0.1) is 0 Å². The molecule has 2 unspecified atom stereocenters. The number of rotatable bonds is 4. The van der Waals surface area contributed by atoms with E-state index >= 15 is 0 Å². The summed E-state index contributed by atoms with van der Waals surface area (Å²) in [5.74, 6) is 0.0909. The summed E-state index contributed by atoms with van der Waals surface area (Å²) >= 11 is 0. The minimum absolute atomic E-state index is 0.00231. The fraction of sp³-hybridized carbons (Fsp3) is 0.500. The second-order valence-corrected chi connectivity index (χ2v) is 4.99. The number of aliphatic hydroxyl groups excluding tert-OH is 1. The summed E-state index contributed by atoms with van der Waals surface area (Å²) < 4.78 is 0. The van der Waals surface area contributed by atoms with E-state index in [1.165, 1.54) is 0 Å². The van der Waals surface area contributed by atoms with Crippen molar-refractivity contribution in [2.75, 3.05) is 13.2 Å². The first-order valence-corrected chi connectivity index (χ1v) is 6.56. The number of amides is 1. The van der Waals surface area contributed by atoms with E-state index in [9.17, 15) is 15.0 Å². The molecule has 1 fully saturated rings. The zero-order chi connectivity index (χ0) is 13.8. The number of nitrogens with zero attached hydrogens (tertiary/aromatic N) is 1. The summed E-state index contributed by atoms with van der Waals surface area (Å²) in [5.41, 5.74) is 6.86. The topological polar surface area (TPSA) is 86.8 Å². The van der Waals surface area contributed by atoms with Crippen molar-refractivity contribution in [1.29, 1.82) is 0 Å². The Morgan fingerprint density at radius 1 is 1.42 bits per heavy atom. The molecule has 0 saturated carbocycles. The molecule has 4 N–H and O–H groups in total. The van der Waals surface area contributed by atoms with Crippen molar-refractivity contribution in [3.63, 3.8) is 0 Å². The van der Waals surface area contributed by atoms with E-state index in [0.29, 0.717) is 13.0 Å². The number of carbonyl (C=O) groups excluding carboxylic acids is 1. The van der Waals surface area contributed by atoms with Crippen molar-refractivity contribution in [3.05, 3.63) is 29.8 Å². The molecule has 0 aromatic heterocycles. The molecule has 5 heteroatoms. The minimum Gasteiger partial charge on any atom is -0.508 e. The first-order chi connectivity index (χ1) is 9.11. The van der Waals surface area contributed by atoms with Gasteiger partial charge in [0.1, 0.15) is 5.75 Å². The molecule has 1 amide bonds. The van der Waals surface area contributed by atoms with Crippen molar-refractivity contribution < 1.29 is 15.0 Å². The Bertz CT molecular complexity index is 433. The highest BCUT2D eigenvalue weighted by Crippen LogP contribution is 2.18. The lowest BCUT2D eigenvalue weighted by Gasteiger charge is -2.26. The van der Waals surface area contributed by atoms with E-state index in [1.807, 2.05) is 0 Å². The summed E-state index contributed by atoms with van der Waals surface area (Å²) in [6.07, 6.45) is 2.20. The molecule has 104 valence electrons. The number of aromatic hydroxyl groups is 1. The number of carbonyl (C=O) groups is 1. The fourth-order valence-electron chi connectivity index (χ4n) is 2.50. The molecular weight excluding hydrogens is 244 g/mol. The summed E-state index contributed by atoms with van der Waals surface area (Å²) in [4.78, 5) is 13.9. The molecule has 2 rings (SSSR count). The van der Waals surface area contributed by atoms with Crippen LogP contribution in [0.3, 0.4) is 0 Å². The quantitative estimate of drug-likeness (QED) is 0.727. The van der Waals surface area contributed by atoms with Gasteiger partial charge in [-0.2, -0.15) is 0 Å². The maximum absolute atomic E-state index is 12.2. The Hall–Kier alpha value is -1.59. The van der Waals surface area contributed by atoms with Crippen LogP contribution in [0, 0.1) is 0 Å². The van der Waals surface area contributed by atoms with Crippen molar-refractivity contribution in [2.45, 2.75) is 31.3 Å². The number of hydrogen-bond acceptors (Lipinski definition) is 4. The van der Waals surface area contributed by atoms with Gasteiger partial charge in [-0.1, -0.05) is 12.1 Å². The van der Waals surface area contributed by atoms with Crippen LogP contribution in [0.25, 0.3) is 0 Å². The third kappa shape index (κ3) is 3.24. The number of benzene rings is 1. The van der Waals surface area contributed by atoms with Gasteiger partial charge in [0.15, 0.2) is 0 Å². The van der Waals surface area contributed by atoms with Crippen LogP contribution in [0.15, 0.2) is 24.3 Å². The Labute approximate surface area is 112 Å². The monoisotopic (exact) mass is 264 g/mol. The second-order valence-electron chi connectivity index (χ2n) is 4.99. The molecule has 0 aliphatic carbocycles. The number of hydrogen-bond donors (Lipinski definition) is 3. The highest BCUT2D eigenvalue weighted by Gasteiger charge is 2.31. The SMILES string of the molecule is NC(Cc1ccc(O)cc1)C(=O)N1CCCC1CO. The zero-order valence-corrected chi connectivity index (χ0v) is 10.8. The highest BCUT2D eigenvalue weighted by molar-refractivity contribution is 5.82. The largest absolute Gasteiger partial charge is 0.508 e. The molecule has 1 heterocycles. The van der Waals surface area contributed by atoms with Crippen LogP contribution in [0.5, 0.6) is 5.75 Å². The van der Waals surface area contributed by atoms with Gasteiger partial charge in [-0.25, -0.2) is 0 Å². The predicted molar refractivity (Wildman–Crippen MR) is 71.6 cm³/mol. The van der Waals surface area contributed by atoms with Crippen LogP contribution in [0.4, 0.5) is 0 Å². The van der Waals surface area contributed by atoms with Gasteiger partial charge < -0.3 is 20.8 Å². The van der Waals surface area contributed by atoms with Gasteiger partial charge in [-0.3, -0.25) is 4.79 Å². The number of nitrogens with two attached hydrogens (primary N) is 1. The second kappa shape index (κ2) is 6.04. The standard InChI is InChI=1S/C14H20N2O3/c15-13(8-10-3-5-12(18)6-4-10)14(19)16-7-1-2-11(16)9-17/h3-6,11,13,17-18H,1-2,7-9,15H2. The zero-order valence-electron chi connectivity index (χ0n) is 10.8. The smallest absolute Gasteiger partial charge is 0.240 e. The van der Waals surface area contributed by atoms with Crippen molar-refractivity contribution in [3.8, 4) is 5.75 Å². The third-order valence-corrected chi connectivity index (χ3v) is 3.58. The Morgan fingerprint density at radius 3 is 2.74 bits per heavy atom. The molecule has 1 aliphatic rings. The Kier molecular flexibility index (Phi) is 4.39. The molecule has 1 aromatic rings. The highest BCUT2D eigenvalue weighted by atomic mass is 16.3. The normalized spacial score (nSPS) is 20.5. The molecule has 0 radical (unpaired) electrons. The first kappa shape index (κ1) is 13.8. The summed E-state index contributed by atoms with van der Waals surface area (Å²) in [7, 11) is 0. The van der Waals surface area contributed by atoms with E-state index in [0.717, 1.165) is 18.4 Å². The molecule has 19 heavy (non-hydrogen) atoms. The Morgan fingerprint density at radius 2 is 2.11 bits per heavy atom. The van der Waals surface area contributed by atoms with Gasteiger partial charge in [-0.05, 0) is 37.0 Å². The van der Waals surface area contributed by atoms with Crippen molar-refractivity contribution in [1.82, 2.24) is 4.90 Å². The average Bonchev–Trinajstić information content (AvgIpc) is 2.88. The van der Waals surface area contributed by atoms with E-state index < -0.39 is 6.04 Å². The van der Waals surface area contributed by atoms with Crippen LogP contribution in [0.1, 0.15) is 18.4 Å². The van der Waals surface area contributed by atoms with Crippen molar-refractivity contribution >= 4 is 5.91 Å². The summed E-state index contributed by atoms with van der Waals surface area (Å²) in [6, 6.07) is 6.00. The lowest BCUT2D eigenvalue weighted by molar-refractivity contribution is -0.134. The molecule has 0 spiro atoms. The molecule has 1 aliphatic heterocycles. The van der Waals surface area contributed by atoms with Crippen LogP contribution in [-0.2, 0) is 11.2 Å². The molecule has 1 aromatic carbocycles. The van der Waals surface area contributed by atoms with Gasteiger partial charge >= 0.3 is 0 Å². The van der Waals surface area contributed by atoms with Gasteiger partial charge in [0, 0.05) is 6.54 Å². The number of aliphatic hydroxyl groups is 1. The van der Waals surface area contributed by atoms with Crippen LogP contribution >= 0.6 is 0 Å². The van der Waals surface area contributed by atoms with E-state index in [-0.39, 0.29) is 24.3 Å². The van der Waals surface area contributed by atoms with Gasteiger partial charge in [0.2, 0.25) is 5.91 Å². The molecule has 0 bridgehead atoms. The molecular formula is C14H20N2O3. The Balaban J connectivity index is 1.97. The summed E-state index contributed by atoms with van der Waals surface area (Å²) in [6.45, 7) is 0.672. The van der Waals surface area contributed by atoms with Crippen LogP contribution < -0.4 is 5.73 Å². The lowest BCUT2D eigenvalue weighted by Crippen LogP contribution is -2.47. The van der Waals surface area contributed by atoms with Crippen LogP contribution in [-0.4, -0.2) is 46.3 Å². The van der Waals surface area contributed by atoms with Gasteiger partial charge in [0.05, 0.1) is 18.7 Å². The first-order valence-electron chi connectivity index (χ1n) is 6.56. The van der Waals surface area contributed by atoms with E-state index in [1.54, 1.807) is 29.2 Å². The molecule has 1 saturated heterocycles. The fourth-order valence-corrected chi connectivity index (χ4v) is 2.50. The number of likely N-dealkylation sites (tertiary alicyclic amines) is 1. The summed E-state index contributed by atoms with van der Waals surface area (Å²) in [5, 5.41) is 18.4. The van der Waals surface area contributed by atoms with Gasteiger partial charge in [0.25, 0.3) is 0 Å². The maximum atomic E-state index is 12.2. The predicted octanol–water partition coefficient (Wildman–Crippen LogP) is 0.245. The number of phenols is 1. The molecule has 5 nitrogen and oxygen atoms in total. The average molecular weight is 264 g/mol. The lowest BCUT2D eigenvalue weighted by atomic mass is 10.1.